The molecule has 0 spiro atoms. The average Bonchev–Trinajstić information content (AvgIpc) is 2.92. The highest BCUT2D eigenvalue weighted by molar-refractivity contribution is 7.52. The number of ether oxygens (including phenoxy) is 4. The third-order valence-electron chi connectivity index (χ3n) is 7.16. The lowest BCUT2D eigenvalue weighted by Crippen LogP contribution is -2.46. The number of likely N-dealkylation sites (N-methyl/N-ethyl adjacent to an activating group) is 1. The van der Waals surface area contributed by atoms with Crippen molar-refractivity contribution in [1.29, 1.82) is 5.41 Å². The number of carboxylic acids is 1. The summed E-state index contributed by atoms with van der Waals surface area (Å²) in [7, 11) is -3.39. The van der Waals surface area contributed by atoms with Gasteiger partial charge in [0.25, 0.3) is 0 Å². The van der Waals surface area contributed by atoms with Gasteiger partial charge >= 0.3 is 26.0 Å². The summed E-state index contributed by atoms with van der Waals surface area (Å²) in [5.74, 6) is -2.96. The number of rotatable bonds is 13. The van der Waals surface area contributed by atoms with Gasteiger partial charge in [0.1, 0.15) is 18.2 Å². The molecule has 2 rings (SSSR count). The summed E-state index contributed by atoms with van der Waals surface area (Å²) in [5, 5.41) is 20.0. The van der Waals surface area contributed by atoms with Gasteiger partial charge < -0.3 is 29.0 Å². The van der Waals surface area contributed by atoms with Crippen molar-refractivity contribution < 1.29 is 52.1 Å². The van der Waals surface area contributed by atoms with Gasteiger partial charge in [-0.2, -0.15) is 0 Å². The van der Waals surface area contributed by atoms with Crippen molar-refractivity contribution in [3.63, 3.8) is 0 Å². The van der Waals surface area contributed by atoms with Gasteiger partial charge in [-0.05, 0) is 58.3 Å². The number of nitrogens with zero attached hydrogens (tertiary/aromatic N) is 1. The Hall–Kier alpha value is -2.57. The molecule has 3 N–H and O–H groups in total. The van der Waals surface area contributed by atoms with Crippen molar-refractivity contribution in [2.45, 2.75) is 130 Å². The number of carbonyl (C=O) groups excluding carboxylic acids is 2. The zero-order valence-corrected chi connectivity index (χ0v) is 26.4. The fourth-order valence-corrected chi connectivity index (χ4v) is 6.05. The van der Waals surface area contributed by atoms with E-state index in [4.69, 9.17) is 33.4 Å². The van der Waals surface area contributed by atoms with Gasteiger partial charge in [-0.15, -0.1) is 0 Å². The van der Waals surface area contributed by atoms with Gasteiger partial charge in [-0.25, -0.2) is 18.9 Å². The topological polar surface area (TPSA) is 183 Å². The van der Waals surface area contributed by atoms with Crippen LogP contribution in [0.3, 0.4) is 0 Å². The van der Waals surface area contributed by atoms with E-state index < -0.39 is 62.4 Å². The minimum atomic E-state index is -4.69. The normalized spacial score (nSPS) is 20.1. The second-order valence-electron chi connectivity index (χ2n) is 11.5. The lowest BCUT2D eigenvalue weighted by Gasteiger charge is -2.33. The van der Waals surface area contributed by atoms with Gasteiger partial charge in [-0.1, -0.05) is 40.5 Å². The Morgan fingerprint density at radius 3 is 1.50 bits per heavy atom. The molecule has 14 nitrogen and oxygen atoms in total. The predicted octanol–water partition coefficient (Wildman–Crippen LogP) is 5.99. The second-order valence-corrected chi connectivity index (χ2v) is 13.2. The average molecular weight is 622 g/mol. The quantitative estimate of drug-likeness (QED) is 0.0717. The summed E-state index contributed by atoms with van der Waals surface area (Å²) in [5.41, 5.74) is 0. The van der Waals surface area contributed by atoms with Crippen LogP contribution in [-0.4, -0.2) is 72.1 Å². The Bertz CT molecular complexity index is 900. The van der Waals surface area contributed by atoms with Crippen LogP contribution in [-0.2, 0) is 37.4 Å². The first-order valence-electron chi connectivity index (χ1n) is 14.7. The van der Waals surface area contributed by atoms with E-state index in [1.807, 2.05) is 0 Å². The van der Waals surface area contributed by atoms with Crippen molar-refractivity contribution >= 4 is 32.0 Å². The predicted molar refractivity (Wildman–Crippen MR) is 152 cm³/mol. The van der Waals surface area contributed by atoms with Crippen LogP contribution < -0.4 is 5.09 Å². The minimum absolute atomic E-state index is 0.298. The lowest BCUT2D eigenvalue weighted by atomic mass is 9.98. The zero-order valence-electron chi connectivity index (χ0n) is 25.5. The van der Waals surface area contributed by atoms with E-state index in [0.717, 1.165) is 43.4 Å². The van der Waals surface area contributed by atoms with E-state index in [2.05, 4.69) is 5.09 Å². The van der Waals surface area contributed by atoms with Crippen molar-refractivity contribution in [2.24, 2.45) is 11.8 Å². The Balaban J connectivity index is 2.23. The maximum atomic E-state index is 14.2. The first-order chi connectivity index (χ1) is 19.7. The number of hydrogen-bond donors (Lipinski definition) is 3. The number of carbonyl (C=O) groups is 3. The molecule has 2 aliphatic rings. The van der Waals surface area contributed by atoms with E-state index in [-0.39, 0.29) is 12.2 Å². The molecule has 2 aliphatic carbocycles. The number of aliphatic carboxylic acids is 1. The fourth-order valence-electron chi connectivity index (χ4n) is 4.36. The highest BCUT2D eigenvalue weighted by atomic mass is 31.2. The molecule has 0 amide bonds. The molecule has 0 heterocycles. The summed E-state index contributed by atoms with van der Waals surface area (Å²) >= 11 is 0. The Morgan fingerprint density at radius 1 is 0.786 bits per heavy atom. The molecule has 2 saturated carbocycles. The number of guanidine groups is 1. The maximum Gasteiger partial charge on any atom is 0.510 e. The summed E-state index contributed by atoms with van der Waals surface area (Å²) in [6, 6.07) is -1.18. The molecule has 0 aromatic rings. The molecule has 3 atom stereocenters. The number of hydrogen-bond acceptors (Lipinski definition) is 11. The third-order valence-corrected chi connectivity index (χ3v) is 8.62. The molecule has 0 aliphatic heterocycles. The van der Waals surface area contributed by atoms with Gasteiger partial charge in [0, 0.05) is 18.9 Å². The van der Waals surface area contributed by atoms with Gasteiger partial charge in [0.2, 0.25) is 18.5 Å². The molecular weight excluding hydrogens is 573 g/mol. The molecule has 15 heteroatoms. The van der Waals surface area contributed by atoms with Gasteiger partial charge in [0.05, 0.1) is 0 Å². The molecule has 0 bridgehead atoms. The van der Waals surface area contributed by atoms with Crippen LogP contribution in [0.25, 0.3) is 0 Å². The van der Waals surface area contributed by atoms with Crippen molar-refractivity contribution in [3.05, 3.63) is 0 Å². The van der Waals surface area contributed by atoms with E-state index in [1.54, 1.807) is 27.7 Å². The molecule has 0 aromatic heterocycles. The largest absolute Gasteiger partial charge is 0.510 e. The van der Waals surface area contributed by atoms with Crippen molar-refractivity contribution in [3.8, 4) is 0 Å². The van der Waals surface area contributed by atoms with Crippen LogP contribution in [0.1, 0.15) is 98.8 Å². The standard InChI is InChI=1S/C27H48N3O11P/c1-17(2)23(38-26(33)36-20-13-9-7-10-14-20)40-42(35,29-25(28)30(6)19(5)22(31)32)41-24(18(3)4)39-27(34)37-21-15-11-8-12-16-21/h17-21,23-24H,7-16H2,1-6H3,(H,31,32)(H2,28,29,35). The molecule has 0 saturated heterocycles. The first kappa shape index (κ1) is 35.6. The van der Waals surface area contributed by atoms with E-state index in [1.165, 1.54) is 14.0 Å². The molecule has 42 heavy (non-hydrogen) atoms. The second kappa shape index (κ2) is 16.9. The van der Waals surface area contributed by atoms with Crippen molar-refractivity contribution in [2.75, 3.05) is 7.05 Å². The minimum Gasteiger partial charge on any atom is -0.480 e. The van der Waals surface area contributed by atoms with E-state index in [0.29, 0.717) is 25.7 Å². The maximum absolute atomic E-state index is 14.2. The van der Waals surface area contributed by atoms with Gasteiger partial charge in [-0.3, -0.25) is 19.5 Å². The van der Waals surface area contributed by atoms with Crippen LogP contribution in [0.15, 0.2) is 0 Å². The lowest BCUT2D eigenvalue weighted by molar-refractivity contribution is -0.141. The molecule has 0 radical (unpaired) electrons. The number of carboxylic acid groups (broad SMARTS) is 1. The van der Waals surface area contributed by atoms with E-state index >= 15 is 0 Å². The summed E-state index contributed by atoms with van der Waals surface area (Å²) in [4.78, 5) is 37.7. The first-order valence-corrected chi connectivity index (χ1v) is 16.3. The van der Waals surface area contributed by atoms with E-state index in [9.17, 15) is 24.1 Å². The monoisotopic (exact) mass is 621 g/mol. The van der Waals surface area contributed by atoms with Crippen molar-refractivity contribution in [1.82, 2.24) is 9.99 Å². The molecule has 0 aromatic carbocycles. The van der Waals surface area contributed by atoms with Crippen LogP contribution in [0.4, 0.5) is 9.59 Å². The Labute approximate surface area is 248 Å². The number of nitrogens with one attached hydrogen (secondary N) is 2. The smallest absolute Gasteiger partial charge is 0.480 e. The molecular formula is C27H48N3O11P. The summed E-state index contributed by atoms with van der Waals surface area (Å²) < 4.78 is 47.1. The third kappa shape index (κ3) is 12.0. The highest BCUT2D eigenvalue weighted by Gasteiger charge is 2.40. The van der Waals surface area contributed by atoms with Crippen LogP contribution in [0, 0.1) is 17.2 Å². The zero-order chi connectivity index (χ0) is 31.4. The Kier molecular flexibility index (Phi) is 14.3. The fraction of sp³-hybridized carbons (Fsp3) is 0.852. The summed E-state index contributed by atoms with van der Waals surface area (Å²) in [6.07, 6.45) is 3.15. The Morgan fingerprint density at radius 2 is 1.17 bits per heavy atom. The molecule has 2 fully saturated rings. The van der Waals surface area contributed by atoms with Crippen LogP contribution in [0.5, 0.6) is 0 Å². The molecule has 242 valence electrons. The molecule has 3 unspecified atom stereocenters. The van der Waals surface area contributed by atoms with Crippen LogP contribution in [0.2, 0.25) is 0 Å². The summed E-state index contributed by atoms with van der Waals surface area (Å²) in [6.45, 7) is 7.90. The van der Waals surface area contributed by atoms with Crippen LogP contribution >= 0.6 is 7.75 Å². The van der Waals surface area contributed by atoms with Gasteiger partial charge in [0.15, 0.2) is 0 Å². The highest BCUT2D eigenvalue weighted by Crippen LogP contribution is 2.49. The SMILES string of the molecule is CC(C)C(OC(=O)OC1CCCCC1)OP(=O)(NC(=N)N(C)C(C)C(=O)O)OC(OC(=O)OC1CCCCC1)C(C)C.